The molecule has 0 saturated heterocycles. The second kappa shape index (κ2) is 7.40. The average Bonchev–Trinajstić information content (AvgIpc) is 3.06. The number of Topliss-reactive ketones (excluding diaryl/α,β-unsaturated/α-hetero) is 1. The molecule has 2 aromatic carbocycles. The summed E-state index contributed by atoms with van der Waals surface area (Å²) in [5, 5.41) is 0.768. The highest BCUT2D eigenvalue weighted by Gasteiger charge is 2.18. The van der Waals surface area contributed by atoms with Crippen molar-refractivity contribution in [3.63, 3.8) is 0 Å². The van der Waals surface area contributed by atoms with Gasteiger partial charge in [0.2, 0.25) is 0 Å². The maximum atomic E-state index is 13.1. The minimum atomic E-state index is -0.326. The minimum Gasteiger partial charge on any atom is -0.497 e. The highest BCUT2D eigenvalue weighted by Crippen LogP contribution is 2.35. The van der Waals surface area contributed by atoms with Crippen LogP contribution < -0.4 is 10.5 Å². The predicted octanol–water partition coefficient (Wildman–Crippen LogP) is 5.12. The number of pyridine rings is 1. The number of carbonyl (C=O) groups excluding carboxylic acids is 1. The topological polar surface area (TPSA) is 65.2 Å². The summed E-state index contributed by atoms with van der Waals surface area (Å²) in [4.78, 5) is 18.6. The second-order valence-corrected chi connectivity index (χ2v) is 7.35. The van der Waals surface area contributed by atoms with Crippen molar-refractivity contribution in [2.45, 2.75) is 6.42 Å². The quantitative estimate of drug-likeness (QED) is 0.479. The van der Waals surface area contributed by atoms with Gasteiger partial charge in [-0.25, -0.2) is 9.37 Å². The molecule has 2 heterocycles. The maximum Gasteiger partial charge on any atom is 0.179 e. The number of rotatable bonds is 5. The fourth-order valence-corrected chi connectivity index (χ4v) is 4.03. The SMILES string of the molecule is COc1ccc(-c2ccc3c(N)c(C(=O)Cc4ccc(F)cc4)sc3n2)cc1. The van der Waals surface area contributed by atoms with E-state index in [0.717, 1.165) is 28.0 Å². The molecule has 4 aromatic rings. The Kier molecular flexibility index (Phi) is 4.79. The number of nitrogens with zero attached hydrogens (tertiary/aromatic N) is 1. The standard InChI is InChI=1S/C22H17FN2O2S/c1-27-16-8-4-14(5-9-16)18-11-10-17-20(24)21(28-22(17)25-18)19(26)12-13-2-6-15(23)7-3-13/h2-11H,12,24H2,1H3. The van der Waals surface area contributed by atoms with Gasteiger partial charge in [0.1, 0.15) is 16.4 Å². The maximum absolute atomic E-state index is 13.1. The van der Waals surface area contributed by atoms with Crippen molar-refractivity contribution in [3.05, 3.63) is 76.9 Å². The number of aromatic nitrogens is 1. The third-order valence-electron chi connectivity index (χ3n) is 4.51. The molecule has 0 spiro atoms. The van der Waals surface area contributed by atoms with Gasteiger partial charge in [0.05, 0.1) is 23.4 Å². The van der Waals surface area contributed by atoms with E-state index in [-0.39, 0.29) is 18.0 Å². The largest absolute Gasteiger partial charge is 0.497 e. The molecule has 0 saturated carbocycles. The van der Waals surface area contributed by atoms with Crippen LogP contribution in [0.5, 0.6) is 5.75 Å². The van der Waals surface area contributed by atoms with Crippen LogP contribution in [0.4, 0.5) is 10.1 Å². The zero-order valence-corrected chi connectivity index (χ0v) is 15.9. The van der Waals surface area contributed by atoms with Gasteiger partial charge in [-0.1, -0.05) is 12.1 Å². The van der Waals surface area contributed by atoms with E-state index in [9.17, 15) is 9.18 Å². The molecule has 28 heavy (non-hydrogen) atoms. The summed E-state index contributed by atoms with van der Waals surface area (Å²) < 4.78 is 18.2. The Morgan fingerprint density at radius 1 is 1.07 bits per heavy atom. The molecule has 0 atom stereocenters. The number of methoxy groups -OCH3 is 1. The lowest BCUT2D eigenvalue weighted by Gasteiger charge is -2.03. The summed E-state index contributed by atoms with van der Waals surface area (Å²) in [5.74, 6) is 0.352. The number of hydrogen-bond donors (Lipinski definition) is 1. The van der Waals surface area contributed by atoms with Crippen LogP contribution in [0.25, 0.3) is 21.5 Å². The van der Waals surface area contributed by atoms with Crippen LogP contribution in [0.2, 0.25) is 0 Å². The van der Waals surface area contributed by atoms with Crippen molar-refractivity contribution >= 4 is 33.0 Å². The van der Waals surface area contributed by atoms with Crippen molar-refractivity contribution < 1.29 is 13.9 Å². The monoisotopic (exact) mass is 392 g/mol. The molecule has 0 bridgehead atoms. The predicted molar refractivity (Wildman–Crippen MR) is 110 cm³/mol. The van der Waals surface area contributed by atoms with Crippen LogP contribution in [0.3, 0.4) is 0 Å². The van der Waals surface area contributed by atoms with Crippen LogP contribution in [0.15, 0.2) is 60.7 Å². The number of benzene rings is 2. The molecule has 4 rings (SSSR count). The number of hydrogen-bond acceptors (Lipinski definition) is 5. The number of nitrogen functional groups attached to an aromatic ring is 1. The Morgan fingerprint density at radius 3 is 2.46 bits per heavy atom. The number of carbonyl (C=O) groups is 1. The second-order valence-electron chi connectivity index (χ2n) is 6.35. The van der Waals surface area contributed by atoms with Gasteiger partial charge in [0, 0.05) is 17.4 Å². The number of ether oxygens (including phenoxy) is 1. The summed E-state index contributed by atoms with van der Waals surface area (Å²) in [5.41, 5.74) is 9.16. The lowest BCUT2D eigenvalue weighted by Crippen LogP contribution is -2.04. The molecule has 0 unspecified atom stereocenters. The molecule has 4 nitrogen and oxygen atoms in total. The van der Waals surface area contributed by atoms with E-state index in [1.165, 1.54) is 23.5 Å². The van der Waals surface area contributed by atoms with Crippen LogP contribution in [0.1, 0.15) is 15.2 Å². The lowest BCUT2D eigenvalue weighted by molar-refractivity contribution is 0.0997. The average molecular weight is 392 g/mol. The zero-order valence-electron chi connectivity index (χ0n) is 15.1. The van der Waals surface area contributed by atoms with Crippen LogP contribution in [-0.4, -0.2) is 17.9 Å². The van der Waals surface area contributed by atoms with Crippen LogP contribution in [0, 0.1) is 5.82 Å². The first-order chi connectivity index (χ1) is 13.5. The van der Waals surface area contributed by atoms with Crippen molar-refractivity contribution in [1.82, 2.24) is 4.98 Å². The lowest BCUT2D eigenvalue weighted by atomic mass is 10.1. The minimum absolute atomic E-state index is 0.0990. The molecule has 0 amide bonds. The van der Waals surface area contributed by atoms with Gasteiger partial charge in [0.15, 0.2) is 5.78 Å². The summed E-state index contributed by atoms with van der Waals surface area (Å²) in [6.07, 6.45) is 0.169. The van der Waals surface area contributed by atoms with E-state index in [1.807, 2.05) is 36.4 Å². The Morgan fingerprint density at radius 2 is 1.79 bits per heavy atom. The van der Waals surface area contributed by atoms with Crippen molar-refractivity contribution in [3.8, 4) is 17.0 Å². The van der Waals surface area contributed by atoms with Gasteiger partial charge in [-0.05, 0) is 54.1 Å². The smallest absolute Gasteiger partial charge is 0.179 e. The van der Waals surface area contributed by atoms with E-state index in [4.69, 9.17) is 10.5 Å². The number of anilines is 1. The Hall–Kier alpha value is -3.25. The molecule has 140 valence electrons. The molecule has 2 N–H and O–H groups in total. The molecular weight excluding hydrogens is 375 g/mol. The first kappa shape index (κ1) is 18.1. The third-order valence-corrected chi connectivity index (χ3v) is 5.67. The number of thiophene rings is 1. The molecule has 0 radical (unpaired) electrons. The number of fused-ring (bicyclic) bond motifs is 1. The van der Waals surface area contributed by atoms with Gasteiger partial charge in [-0.15, -0.1) is 11.3 Å². The molecule has 0 aliphatic carbocycles. The van der Waals surface area contributed by atoms with E-state index >= 15 is 0 Å². The summed E-state index contributed by atoms with van der Waals surface area (Å²) >= 11 is 1.29. The highest BCUT2D eigenvalue weighted by molar-refractivity contribution is 7.21. The van der Waals surface area contributed by atoms with E-state index in [2.05, 4.69) is 4.98 Å². The fraction of sp³-hybridized carbons (Fsp3) is 0.0909. The first-order valence-corrected chi connectivity index (χ1v) is 9.48. The van der Waals surface area contributed by atoms with Gasteiger partial charge >= 0.3 is 0 Å². The van der Waals surface area contributed by atoms with E-state index < -0.39 is 0 Å². The number of nitrogens with two attached hydrogens (primary N) is 1. The van der Waals surface area contributed by atoms with Crippen molar-refractivity contribution in [2.24, 2.45) is 0 Å². The Balaban J connectivity index is 1.65. The Labute approximate surface area is 165 Å². The number of ketones is 1. The van der Waals surface area contributed by atoms with Crippen molar-refractivity contribution in [2.75, 3.05) is 12.8 Å². The van der Waals surface area contributed by atoms with Gasteiger partial charge in [-0.2, -0.15) is 0 Å². The summed E-state index contributed by atoms with van der Waals surface area (Å²) in [6, 6.07) is 17.3. The van der Waals surface area contributed by atoms with E-state index in [1.54, 1.807) is 19.2 Å². The van der Waals surface area contributed by atoms with Crippen molar-refractivity contribution in [1.29, 1.82) is 0 Å². The van der Waals surface area contributed by atoms with E-state index in [0.29, 0.717) is 15.4 Å². The number of halogens is 1. The zero-order chi connectivity index (χ0) is 19.7. The first-order valence-electron chi connectivity index (χ1n) is 8.66. The third kappa shape index (κ3) is 3.46. The normalized spacial score (nSPS) is 10.9. The Bertz CT molecular complexity index is 1150. The van der Waals surface area contributed by atoms with Gasteiger partial charge in [0.25, 0.3) is 0 Å². The molecule has 0 aliphatic rings. The van der Waals surface area contributed by atoms with Crippen LogP contribution >= 0.6 is 11.3 Å². The fourth-order valence-electron chi connectivity index (χ4n) is 2.99. The molecular formula is C22H17FN2O2S. The molecule has 2 aromatic heterocycles. The highest BCUT2D eigenvalue weighted by atomic mass is 32.1. The van der Waals surface area contributed by atoms with Gasteiger partial charge < -0.3 is 10.5 Å². The molecule has 0 aliphatic heterocycles. The van der Waals surface area contributed by atoms with Crippen LogP contribution in [-0.2, 0) is 6.42 Å². The molecule has 0 fully saturated rings. The van der Waals surface area contributed by atoms with Gasteiger partial charge in [-0.3, -0.25) is 4.79 Å². The summed E-state index contributed by atoms with van der Waals surface area (Å²) in [7, 11) is 1.62. The summed E-state index contributed by atoms with van der Waals surface area (Å²) in [6.45, 7) is 0. The molecule has 6 heteroatoms.